The highest BCUT2D eigenvalue weighted by molar-refractivity contribution is 7.92. The first-order valence-corrected chi connectivity index (χ1v) is 20.1. The first kappa shape index (κ1) is 39.6. The van der Waals surface area contributed by atoms with Gasteiger partial charge in [0, 0.05) is 24.1 Å². The van der Waals surface area contributed by atoms with Crippen molar-refractivity contribution in [2.75, 3.05) is 18.9 Å². The summed E-state index contributed by atoms with van der Waals surface area (Å²) in [6, 6.07) is 9.22. The van der Waals surface area contributed by atoms with Crippen LogP contribution < -0.4 is 0 Å². The van der Waals surface area contributed by atoms with Gasteiger partial charge in [-0.2, -0.15) is 25.9 Å². The van der Waals surface area contributed by atoms with Crippen molar-refractivity contribution in [3.63, 3.8) is 0 Å². The van der Waals surface area contributed by atoms with Gasteiger partial charge in [-0.25, -0.2) is 25.6 Å². The normalized spacial score (nSPS) is 20.7. The molecule has 4 rings (SSSR count). The monoisotopic (exact) mass is 763 g/mol. The van der Waals surface area contributed by atoms with E-state index in [1.54, 1.807) is 20.8 Å². The number of aryl methyl sites for hydroxylation is 1. The molecule has 0 aliphatic heterocycles. The molecule has 8 nitrogen and oxygen atoms in total. The van der Waals surface area contributed by atoms with Gasteiger partial charge >= 0.3 is 6.18 Å². The maximum absolute atomic E-state index is 15.7. The second-order valence-corrected chi connectivity index (χ2v) is 18.6. The summed E-state index contributed by atoms with van der Waals surface area (Å²) in [6.45, 7) is 7.71. The van der Waals surface area contributed by atoms with E-state index in [1.165, 1.54) is 30.3 Å². The van der Waals surface area contributed by atoms with Gasteiger partial charge in [-0.3, -0.25) is 4.18 Å². The zero-order chi connectivity index (χ0) is 37.3. The minimum Gasteiger partial charge on any atom is -0.266 e. The van der Waals surface area contributed by atoms with Crippen LogP contribution in [0.4, 0.5) is 22.0 Å². The Balaban J connectivity index is 1.92. The Morgan fingerprint density at radius 2 is 1.54 bits per heavy atom. The van der Waals surface area contributed by atoms with Crippen molar-refractivity contribution in [2.24, 2.45) is 11.8 Å². The first-order valence-electron chi connectivity index (χ1n) is 15.6. The summed E-state index contributed by atoms with van der Waals surface area (Å²) in [5, 5.41) is 0. The number of halogens is 5. The zero-order valence-corrected chi connectivity index (χ0v) is 30.0. The molecular formula is C34H38F5NO7S3. The predicted molar refractivity (Wildman–Crippen MR) is 178 cm³/mol. The third-order valence-corrected chi connectivity index (χ3v) is 14.8. The maximum atomic E-state index is 15.7. The molecule has 0 aromatic heterocycles. The highest BCUT2D eigenvalue weighted by Crippen LogP contribution is 2.51. The zero-order valence-electron chi connectivity index (χ0n) is 27.5. The van der Waals surface area contributed by atoms with E-state index in [2.05, 4.69) is 6.58 Å². The van der Waals surface area contributed by atoms with E-state index in [0.29, 0.717) is 36.4 Å². The van der Waals surface area contributed by atoms with Crippen LogP contribution in [0.5, 0.6) is 0 Å². The van der Waals surface area contributed by atoms with Crippen LogP contribution in [0.15, 0.2) is 89.2 Å². The quantitative estimate of drug-likeness (QED) is 0.105. The fraction of sp³-hybridized carbons (Fsp3) is 0.412. The van der Waals surface area contributed by atoms with Gasteiger partial charge in [0.15, 0.2) is 9.84 Å². The Labute approximate surface area is 290 Å². The minimum absolute atomic E-state index is 0.231. The predicted octanol–water partition coefficient (Wildman–Crippen LogP) is 7.01. The van der Waals surface area contributed by atoms with Crippen molar-refractivity contribution in [3.05, 3.63) is 108 Å². The Morgan fingerprint density at radius 3 is 2.10 bits per heavy atom. The molecule has 274 valence electrons. The molecule has 1 aliphatic rings. The van der Waals surface area contributed by atoms with E-state index in [-0.39, 0.29) is 29.5 Å². The molecule has 0 N–H and O–H groups in total. The summed E-state index contributed by atoms with van der Waals surface area (Å²) in [5.74, 6) is -4.08. The van der Waals surface area contributed by atoms with Gasteiger partial charge in [-0.05, 0) is 86.7 Å². The van der Waals surface area contributed by atoms with E-state index in [1.807, 2.05) is 0 Å². The number of alkyl halides is 3. The average molecular weight is 764 g/mol. The summed E-state index contributed by atoms with van der Waals surface area (Å²) in [5.41, 5.74) is -1.03. The first-order chi connectivity index (χ1) is 23.1. The molecule has 0 bridgehead atoms. The molecule has 3 unspecified atom stereocenters. The molecular weight excluding hydrogens is 726 g/mol. The van der Waals surface area contributed by atoms with Crippen LogP contribution in [0.25, 0.3) is 0 Å². The molecule has 0 saturated heterocycles. The van der Waals surface area contributed by atoms with E-state index >= 15 is 4.39 Å². The smallest absolute Gasteiger partial charge is 0.266 e. The van der Waals surface area contributed by atoms with Crippen LogP contribution in [-0.2, 0) is 45.1 Å². The van der Waals surface area contributed by atoms with Gasteiger partial charge in [0.25, 0.3) is 10.1 Å². The topological polar surface area (TPSA) is 115 Å². The highest BCUT2D eigenvalue weighted by atomic mass is 32.2. The summed E-state index contributed by atoms with van der Waals surface area (Å²) in [4.78, 5) is -0.861. The Hall–Kier alpha value is -3.18. The number of benzene rings is 3. The lowest BCUT2D eigenvalue weighted by molar-refractivity contribution is -0.137. The Bertz CT molecular complexity index is 2020. The molecule has 1 aliphatic carbocycles. The molecule has 50 heavy (non-hydrogen) atoms. The second kappa shape index (κ2) is 14.8. The molecule has 1 fully saturated rings. The van der Waals surface area contributed by atoms with Crippen LogP contribution >= 0.6 is 0 Å². The molecule has 0 amide bonds. The van der Waals surface area contributed by atoms with Crippen molar-refractivity contribution in [1.82, 2.24) is 4.31 Å². The fourth-order valence-electron chi connectivity index (χ4n) is 6.41. The average Bonchev–Trinajstić information content (AvgIpc) is 3.03. The lowest BCUT2D eigenvalue weighted by Gasteiger charge is -2.47. The van der Waals surface area contributed by atoms with E-state index in [9.17, 15) is 42.8 Å². The van der Waals surface area contributed by atoms with Crippen molar-refractivity contribution in [2.45, 2.75) is 66.8 Å². The van der Waals surface area contributed by atoms with Crippen LogP contribution in [0.3, 0.4) is 0 Å². The summed E-state index contributed by atoms with van der Waals surface area (Å²) < 4.78 is 158. The number of hydrogen-bond acceptors (Lipinski definition) is 7. The highest BCUT2D eigenvalue weighted by Gasteiger charge is 2.55. The van der Waals surface area contributed by atoms with Crippen molar-refractivity contribution in [3.8, 4) is 0 Å². The Morgan fingerprint density at radius 1 is 0.940 bits per heavy atom. The standard InChI is InChI=1S/C34H38F5NO7S3/c1-5-18-40(48(41,42)22-23(2)3)32-16-17-33(30-19-27(35)10-15-31(30)36,49(43,44)28-13-8-26(9-14-28)34(37,38)39)20-25(32)21-47-50(45,46)29-11-6-24(4)7-12-29/h5-15,19,23,25,32H,1,16-18,20-22H2,2-4H3. The number of nitrogens with zero attached hydrogens (tertiary/aromatic N) is 1. The van der Waals surface area contributed by atoms with E-state index < -0.39 is 100.0 Å². The number of sulfonamides is 1. The summed E-state index contributed by atoms with van der Waals surface area (Å²) in [6.07, 6.45) is -4.98. The molecule has 0 spiro atoms. The third-order valence-electron chi connectivity index (χ3n) is 8.73. The third kappa shape index (κ3) is 8.30. The number of rotatable bonds is 13. The van der Waals surface area contributed by atoms with Gasteiger partial charge < -0.3 is 0 Å². The van der Waals surface area contributed by atoms with Crippen molar-refractivity contribution in [1.29, 1.82) is 0 Å². The van der Waals surface area contributed by atoms with Gasteiger partial charge in [-0.1, -0.05) is 37.6 Å². The van der Waals surface area contributed by atoms with Crippen LogP contribution in [-0.4, -0.2) is 54.5 Å². The molecule has 0 heterocycles. The fourth-order valence-corrected chi connectivity index (χ4v) is 11.6. The summed E-state index contributed by atoms with van der Waals surface area (Å²) in [7, 11) is -13.5. The number of hydrogen-bond donors (Lipinski definition) is 0. The Kier molecular flexibility index (Phi) is 11.7. The van der Waals surface area contributed by atoms with E-state index in [0.717, 1.165) is 15.9 Å². The van der Waals surface area contributed by atoms with E-state index in [4.69, 9.17) is 4.18 Å². The SMILES string of the molecule is C=CCN(C1CCC(c2cc(F)ccc2F)(S(=O)(=O)c2ccc(C(F)(F)F)cc2)CC1COS(=O)(=O)c1ccc(C)cc1)S(=O)(=O)CC(C)C. The molecule has 3 aromatic carbocycles. The van der Waals surface area contributed by atoms with Crippen molar-refractivity contribution < 1.29 is 51.4 Å². The molecule has 1 saturated carbocycles. The van der Waals surface area contributed by atoms with Gasteiger partial charge in [0.05, 0.1) is 27.7 Å². The van der Waals surface area contributed by atoms with Crippen LogP contribution in [0, 0.1) is 30.4 Å². The van der Waals surface area contributed by atoms with Gasteiger partial charge in [0.1, 0.15) is 16.4 Å². The molecule has 0 radical (unpaired) electrons. The van der Waals surface area contributed by atoms with Gasteiger partial charge in [-0.15, -0.1) is 6.58 Å². The molecule has 16 heteroatoms. The van der Waals surface area contributed by atoms with Crippen LogP contribution in [0.2, 0.25) is 0 Å². The lowest BCUT2D eigenvalue weighted by Crippen LogP contribution is -2.54. The maximum Gasteiger partial charge on any atom is 0.416 e. The van der Waals surface area contributed by atoms with Crippen molar-refractivity contribution >= 4 is 30.0 Å². The molecule has 3 atom stereocenters. The minimum atomic E-state index is -4.90. The lowest BCUT2D eigenvalue weighted by atomic mass is 9.74. The van der Waals surface area contributed by atoms with Crippen LogP contribution in [0.1, 0.15) is 49.8 Å². The van der Waals surface area contributed by atoms with Gasteiger partial charge in [0.2, 0.25) is 10.0 Å². The number of sulfone groups is 1. The molecule has 3 aromatic rings. The summed E-state index contributed by atoms with van der Waals surface area (Å²) >= 11 is 0. The second-order valence-electron chi connectivity index (χ2n) is 12.8. The largest absolute Gasteiger partial charge is 0.416 e.